The monoisotopic (exact) mass is 375 g/mol. The molecule has 9 heteroatoms. The molecule has 0 aromatic carbocycles. The third-order valence-electron chi connectivity index (χ3n) is 3.88. The zero-order valence-corrected chi connectivity index (χ0v) is 15.1. The van der Waals surface area contributed by atoms with Crippen LogP contribution in [0.1, 0.15) is 18.5 Å². The van der Waals surface area contributed by atoms with E-state index in [1.54, 1.807) is 12.3 Å². The van der Waals surface area contributed by atoms with Crippen molar-refractivity contribution in [3.63, 3.8) is 0 Å². The highest BCUT2D eigenvalue weighted by molar-refractivity contribution is 8.00. The van der Waals surface area contributed by atoms with Crippen LogP contribution in [-0.2, 0) is 10.5 Å². The van der Waals surface area contributed by atoms with Crippen LogP contribution in [-0.4, -0.2) is 38.8 Å². The molecule has 1 aliphatic rings. The summed E-state index contributed by atoms with van der Waals surface area (Å²) in [6.07, 6.45) is 4.21. The third kappa shape index (κ3) is 4.00. The summed E-state index contributed by atoms with van der Waals surface area (Å²) >= 11 is 3.04. The number of fused-ring (bicyclic) bond motifs is 1. The second-order valence-corrected chi connectivity index (χ2v) is 7.89. The van der Waals surface area contributed by atoms with Gasteiger partial charge in [0.2, 0.25) is 5.13 Å². The van der Waals surface area contributed by atoms with Crippen molar-refractivity contribution >= 4 is 33.9 Å². The van der Waals surface area contributed by atoms with Gasteiger partial charge in [-0.15, -0.1) is 10.2 Å². The molecule has 1 N–H and O–H groups in total. The molecule has 0 saturated carbocycles. The summed E-state index contributed by atoms with van der Waals surface area (Å²) in [7, 11) is 0. The largest absolute Gasteiger partial charge is 0.376 e. The van der Waals surface area contributed by atoms with E-state index in [1.807, 2.05) is 18.2 Å². The number of nitrogens with zero attached hydrogens (tertiary/aromatic N) is 4. The summed E-state index contributed by atoms with van der Waals surface area (Å²) < 4.78 is 7.97. The summed E-state index contributed by atoms with van der Waals surface area (Å²) in [5.41, 5.74) is 1.32. The highest BCUT2D eigenvalue weighted by atomic mass is 32.2. The van der Waals surface area contributed by atoms with E-state index in [0.29, 0.717) is 11.4 Å². The molecule has 25 heavy (non-hydrogen) atoms. The molecule has 0 aliphatic carbocycles. The van der Waals surface area contributed by atoms with E-state index in [4.69, 9.17) is 4.74 Å². The lowest BCUT2D eigenvalue weighted by atomic mass is 10.2. The standard InChI is InChI=1S/C16H17N5O2S2/c22-14-8-11(18-13-5-1-2-6-21(13)14)10-24-16-20-19-15(25-16)17-9-12-4-3-7-23-12/h1-2,5-6,8,12H,3-4,7,9-10H2,(H,17,19). The van der Waals surface area contributed by atoms with Crippen LogP contribution in [0.15, 0.2) is 39.6 Å². The molecule has 1 fully saturated rings. The summed E-state index contributed by atoms with van der Waals surface area (Å²) in [5.74, 6) is 0.584. The van der Waals surface area contributed by atoms with Gasteiger partial charge in [-0.1, -0.05) is 29.2 Å². The lowest BCUT2D eigenvalue weighted by Crippen LogP contribution is -2.18. The minimum atomic E-state index is -0.0719. The number of pyridine rings is 1. The predicted molar refractivity (Wildman–Crippen MR) is 98.4 cm³/mol. The molecule has 7 nitrogen and oxygen atoms in total. The second kappa shape index (κ2) is 7.51. The van der Waals surface area contributed by atoms with Crippen molar-refractivity contribution in [3.8, 4) is 0 Å². The Balaban J connectivity index is 1.37. The number of ether oxygens (including phenoxy) is 1. The lowest BCUT2D eigenvalue weighted by Gasteiger charge is -2.08. The normalized spacial score (nSPS) is 17.2. The van der Waals surface area contributed by atoms with E-state index in [9.17, 15) is 4.79 Å². The molecule has 0 spiro atoms. The van der Waals surface area contributed by atoms with Crippen LogP contribution in [0.5, 0.6) is 0 Å². The number of anilines is 1. The number of hydrogen-bond donors (Lipinski definition) is 1. The van der Waals surface area contributed by atoms with Gasteiger partial charge in [0.1, 0.15) is 5.65 Å². The molecule has 0 bridgehead atoms. The Morgan fingerprint density at radius 1 is 1.40 bits per heavy atom. The first-order valence-electron chi connectivity index (χ1n) is 8.07. The first-order valence-corrected chi connectivity index (χ1v) is 9.87. The van der Waals surface area contributed by atoms with Gasteiger partial charge in [0.15, 0.2) is 4.34 Å². The lowest BCUT2D eigenvalue weighted by molar-refractivity contribution is 0.120. The van der Waals surface area contributed by atoms with Crippen LogP contribution in [0, 0.1) is 0 Å². The van der Waals surface area contributed by atoms with Gasteiger partial charge in [0.25, 0.3) is 5.56 Å². The second-order valence-electron chi connectivity index (χ2n) is 5.69. The van der Waals surface area contributed by atoms with Gasteiger partial charge in [0, 0.05) is 31.2 Å². The van der Waals surface area contributed by atoms with E-state index >= 15 is 0 Å². The minimum Gasteiger partial charge on any atom is -0.376 e. The number of nitrogens with one attached hydrogen (secondary N) is 1. The average molecular weight is 375 g/mol. The maximum atomic E-state index is 12.1. The van der Waals surface area contributed by atoms with Crippen molar-refractivity contribution in [1.29, 1.82) is 0 Å². The van der Waals surface area contributed by atoms with Crippen molar-refractivity contribution < 1.29 is 4.74 Å². The first-order chi connectivity index (χ1) is 12.3. The summed E-state index contributed by atoms with van der Waals surface area (Å²) in [5, 5.41) is 12.4. The van der Waals surface area contributed by atoms with Crippen molar-refractivity contribution in [2.75, 3.05) is 18.5 Å². The van der Waals surface area contributed by atoms with Crippen molar-refractivity contribution in [2.45, 2.75) is 29.0 Å². The Bertz CT molecular complexity index is 920. The fourth-order valence-corrected chi connectivity index (χ4v) is 4.31. The number of hydrogen-bond acceptors (Lipinski definition) is 8. The predicted octanol–water partition coefficient (Wildman–Crippen LogP) is 2.43. The Labute approximate surface area is 152 Å². The van der Waals surface area contributed by atoms with E-state index in [1.165, 1.54) is 27.5 Å². The maximum absolute atomic E-state index is 12.1. The zero-order valence-electron chi connectivity index (χ0n) is 13.4. The molecule has 1 aliphatic heterocycles. The molecule has 1 saturated heterocycles. The fraction of sp³-hybridized carbons (Fsp3) is 0.375. The molecule has 130 valence electrons. The molecule has 1 atom stereocenters. The zero-order chi connectivity index (χ0) is 17.1. The van der Waals surface area contributed by atoms with E-state index < -0.39 is 0 Å². The van der Waals surface area contributed by atoms with Crippen LogP contribution in [0.3, 0.4) is 0 Å². The Hall–Kier alpha value is -1.97. The van der Waals surface area contributed by atoms with Crippen molar-refractivity contribution in [2.24, 2.45) is 0 Å². The van der Waals surface area contributed by atoms with Gasteiger partial charge < -0.3 is 10.1 Å². The van der Waals surface area contributed by atoms with E-state index in [2.05, 4.69) is 20.5 Å². The molecule has 4 heterocycles. The van der Waals surface area contributed by atoms with E-state index in [-0.39, 0.29) is 11.7 Å². The fourth-order valence-electron chi connectivity index (χ4n) is 2.66. The van der Waals surface area contributed by atoms with Crippen LogP contribution in [0.25, 0.3) is 5.65 Å². The van der Waals surface area contributed by atoms with Gasteiger partial charge in [-0.25, -0.2) is 4.98 Å². The van der Waals surface area contributed by atoms with Gasteiger partial charge in [0.05, 0.1) is 11.8 Å². The number of thioether (sulfide) groups is 1. The van der Waals surface area contributed by atoms with Crippen LogP contribution >= 0.6 is 23.1 Å². The maximum Gasteiger partial charge on any atom is 0.258 e. The molecule has 3 aromatic heterocycles. The van der Waals surface area contributed by atoms with E-state index in [0.717, 1.165) is 41.2 Å². The Morgan fingerprint density at radius 3 is 3.24 bits per heavy atom. The highest BCUT2D eigenvalue weighted by Gasteiger charge is 2.16. The molecule has 1 unspecified atom stereocenters. The van der Waals surface area contributed by atoms with Crippen molar-refractivity contribution in [3.05, 3.63) is 46.5 Å². The van der Waals surface area contributed by atoms with Gasteiger partial charge in [-0.3, -0.25) is 9.20 Å². The molecular weight excluding hydrogens is 358 g/mol. The first kappa shape index (κ1) is 16.5. The van der Waals surface area contributed by atoms with Gasteiger partial charge in [-0.2, -0.15) is 0 Å². The minimum absolute atomic E-state index is 0.0719. The smallest absolute Gasteiger partial charge is 0.258 e. The van der Waals surface area contributed by atoms with Gasteiger partial charge >= 0.3 is 0 Å². The van der Waals surface area contributed by atoms with Crippen LogP contribution in [0.4, 0.5) is 5.13 Å². The topological polar surface area (TPSA) is 81.4 Å². The quantitative estimate of drug-likeness (QED) is 0.663. The highest BCUT2D eigenvalue weighted by Crippen LogP contribution is 2.28. The molecular formula is C16H17N5O2S2. The summed E-state index contributed by atoms with van der Waals surface area (Å²) in [6.45, 7) is 1.62. The molecule has 4 rings (SSSR count). The SMILES string of the molecule is O=c1cc(CSc2nnc(NCC3CCCO3)s2)nc2ccccn12. The Kier molecular flexibility index (Phi) is 4.95. The van der Waals surface area contributed by atoms with Gasteiger partial charge in [-0.05, 0) is 25.0 Å². The third-order valence-corrected chi connectivity index (χ3v) is 5.93. The molecule has 0 amide bonds. The number of aromatic nitrogens is 4. The summed E-state index contributed by atoms with van der Waals surface area (Å²) in [4.78, 5) is 16.6. The average Bonchev–Trinajstić information content (AvgIpc) is 3.30. The molecule has 0 radical (unpaired) electrons. The van der Waals surface area contributed by atoms with Crippen LogP contribution in [0.2, 0.25) is 0 Å². The molecule has 3 aromatic rings. The summed E-state index contributed by atoms with van der Waals surface area (Å²) in [6, 6.07) is 7.08. The Morgan fingerprint density at radius 2 is 2.36 bits per heavy atom. The number of rotatable bonds is 6. The van der Waals surface area contributed by atoms with Crippen LogP contribution < -0.4 is 10.9 Å². The van der Waals surface area contributed by atoms with Crippen molar-refractivity contribution in [1.82, 2.24) is 19.6 Å².